The summed E-state index contributed by atoms with van der Waals surface area (Å²) in [5, 5.41) is 0.975. The molecule has 1 aliphatic carbocycles. The maximum Gasteiger partial charge on any atom is 0.266 e. The molecule has 2 N–H and O–H groups in total. The lowest BCUT2D eigenvalue weighted by molar-refractivity contribution is 0.0798. The van der Waals surface area contributed by atoms with E-state index >= 15 is 0 Å². The SMILES string of the molecule is Nc1c(C(=O)N2CCCC2)sc2nc3c(cc12)CCCC3. The highest BCUT2D eigenvalue weighted by Crippen LogP contribution is 2.36. The molecule has 0 radical (unpaired) electrons. The lowest BCUT2D eigenvalue weighted by atomic mass is 9.95. The third kappa shape index (κ3) is 2.11. The molecule has 0 atom stereocenters. The van der Waals surface area contributed by atoms with Gasteiger partial charge in [-0.25, -0.2) is 4.98 Å². The number of likely N-dealkylation sites (tertiary alicyclic amines) is 1. The van der Waals surface area contributed by atoms with E-state index in [-0.39, 0.29) is 5.91 Å². The van der Waals surface area contributed by atoms with Crippen LogP contribution in [0.5, 0.6) is 0 Å². The molecule has 21 heavy (non-hydrogen) atoms. The van der Waals surface area contributed by atoms with Crippen molar-refractivity contribution in [3.8, 4) is 0 Å². The third-order valence-electron chi connectivity index (χ3n) is 4.59. The van der Waals surface area contributed by atoms with Gasteiger partial charge in [0.2, 0.25) is 0 Å². The van der Waals surface area contributed by atoms with Crippen LogP contribution >= 0.6 is 11.3 Å². The molecule has 4 nitrogen and oxygen atoms in total. The predicted octanol–water partition coefficient (Wildman–Crippen LogP) is 2.99. The normalized spacial score (nSPS) is 18.2. The standard InChI is InChI=1S/C16H19N3OS/c17-13-11-9-10-5-1-2-6-12(10)18-15(11)21-14(13)16(20)19-7-3-4-8-19/h9H,1-8,17H2. The Balaban J connectivity index is 1.79. The van der Waals surface area contributed by atoms with E-state index in [4.69, 9.17) is 10.7 Å². The van der Waals surface area contributed by atoms with E-state index in [0.717, 1.165) is 49.0 Å². The van der Waals surface area contributed by atoms with Gasteiger partial charge in [-0.1, -0.05) is 0 Å². The average Bonchev–Trinajstić information content (AvgIpc) is 3.14. The molecular formula is C16H19N3OS. The largest absolute Gasteiger partial charge is 0.397 e. The summed E-state index contributed by atoms with van der Waals surface area (Å²) >= 11 is 1.46. The first-order chi connectivity index (χ1) is 10.2. The molecule has 0 aromatic carbocycles. The molecule has 1 amide bonds. The number of nitrogen functional groups attached to an aromatic ring is 1. The molecule has 0 saturated carbocycles. The van der Waals surface area contributed by atoms with Crippen molar-refractivity contribution in [3.63, 3.8) is 0 Å². The van der Waals surface area contributed by atoms with Crippen molar-refractivity contribution in [3.05, 3.63) is 22.2 Å². The van der Waals surface area contributed by atoms with Gasteiger partial charge in [-0.2, -0.15) is 0 Å². The van der Waals surface area contributed by atoms with Gasteiger partial charge >= 0.3 is 0 Å². The van der Waals surface area contributed by atoms with Crippen LogP contribution in [0.2, 0.25) is 0 Å². The maximum atomic E-state index is 12.6. The fourth-order valence-electron chi connectivity index (χ4n) is 3.38. The van der Waals surface area contributed by atoms with E-state index < -0.39 is 0 Å². The number of carbonyl (C=O) groups excluding carboxylic acids is 1. The Morgan fingerprint density at radius 3 is 2.76 bits per heavy atom. The first-order valence-electron chi connectivity index (χ1n) is 7.74. The summed E-state index contributed by atoms with van der Waals surface area (Å²) in [5.74, 6) is 0.0889. The molecule has 110 valence electrons. The molecule has 5 heteroatoms. The van der Waals surface area contributed by atoms with Crippen LogP contribution in [0, 0.1) is 0 Å². The molecule has 0 spiro atoms. The van der Waals surface area contributed by atoms with Gasteiger partial charge < -0.3 is 10.6 Å². The van der Waals surface area contributed by atoms with Crippen LogP contribution in [0.15, 0.2) is 6.07 Å². The smallest absolute Gasteiger partial charge is 0.266 e. The molecule has 4 rings (SSSR count). The van der Waals surface area contributed by atoms with Crippen LogP contribution in [0.4, 0.5) is 5.69 Å². The number of carbonyl (C=O) groups is 1. The topological polar surface area (TPSA) is 59.2 Å². The highest BCUT2D eigenvalue weighted by molar-refractivity contribution is 7.21. The molecule has 2 aromatic heterocycles. The number of amides is 1. The average molecular weight is 301 g/mol. The number of thiophene rings is 1. The van der Waals surface area contributed by atoms with Crippen molar-refractivity contribution in [2.45, 2.75) is 38.5 Å². The molecule has 3 heterocycles. The van der Waals surface area contributed by atoms with Crippen LogP contribution in [0.25, 0.3) is 10.2 Å². The molecular weight excluding hydrogens is 282 g/mol. The second-order valence-electron chi connectivity index (χ2n) is 6.00. The molecule has 0 bridgehead atoms. The number of rotatable bonds is 1. The Morgan fingerprint density at radius 1 is 1.19 bits per heavy atom. The Hall–Kier alpha value is -1.62. The van der Waals surface area contributed by atoms with Gasteiger partial charge in [0.15, 0.2) is 0 Å². The minimum absolute atomic E-state index is 0.0889. The summed E-state index contributed by atoms with van der Waals surface area (Å²) < 4.78 is 0. The number of fused-ring (bicyclic) bond motifs is 2. The van der Waals surface area contributed by atoms with Gasteiger partial charge in [-0.05, 0) is 50.2 Å². The van der Waals surface area contributed by atoms with E-state index in [2.05, 4.69) is 6.07 Å². The van der Waals surface area contributed by atoms with Gasteiger partial charge in [0.25, 0.3) is 5.91 Å². The first kappa shape index (κ1) is 13.1. The molecule has 2 aromatic rings. The van der Waals surface area contributed by atoms with Crippen molar-refractivity contribution in [2.75, 3.05) is 18.8 Å². The zero-order valence-corrected chi connectivity index (χ0v) is 12.8. The zero-order chi connectivity index (χ0) is 14.4. The summed E-state index contributed by atoms with van der Waals surface area (Å²) in [6.07, 6.45) is 6.78. The highest BCUT2D eigenvalue weighted by atomic mass is 32.1. The number of aryl methyl sites for hydroxylation is 2. The van der Waals surface area contributed by atoms with Gasteiger partial charge in [0.05, 0.1) is 5.69 Å². The van der Waals surface area contributed by atoms with Crippen molar-refractivity contribution in [2.24, 2.45) is 0 Å². The third-order valence-corrected chi connectivity index (χ3v) is 5.69. The number of nitrogens with zero attached hydrogens (tertiary/aromatic N) is 2. The lowest BCUT2D eigenvalue weighted by Crippen LogP contribution is -2.27. The summed E-state index contributed by atoms with van der Waals surface area (Å²) in [7, 11) is 0. The van der Waals surface area contributed by atoms with E-state index in [1.165, 1.54) is 35.4 Å². The lowest BCUT2D eigenvalue weighted by Gasteiger charge is -2.14. The summed E-state index contributed by atoms with van der Waals surface area (Å²) in [4.78, 5) is 20.9. The zero-order valence-electron chi connectivity index (χ0n) is 12.0. The van der Waals surface area contributed by atoms with Gasteiger partial charge in [-0.15, -0.1) is 11.3 Å². The monoisotopic (exact) mass is 301 g/mol. The Labute approximate surface area is 128 Å². The van der Waals surface area contributed by atoms with E-state index in [0.29, 0.717) is 10.6 Å². The van der Waals surface area contributed by atoms with E-state index in [1.807, 2.05) is 4.90 Å². The van der Waals surface area contributed by atoms with Gasteiger partial charge in [0, 0.05) is 24.2 Å². The quantitative estimate of drug-likeness (QED) is 0.881. The summed E-state index contributed by atoms with van der Waals surface area (Å²) in [6, 6.07) is 2.17. The van der Waals surface area contributed by atoms with E-state index in [1.54, 1.807) is 0 Å². The Bertz CT molecular complexity index is 716. The predicted molar refractivity (Wildman–Crippen MR) is 85.8 cm³/mol. The van der Waals surface area contributed by atoms with E-state index in [9.17, 15) is 4.79 Å². The van der Waals surface area contributed by atoms with Crippen molar-refractivity contribution in [1.29, 1.82) is 0 Å². The number of anilines is 1. The van der Waals surface area contributed by atoms with Crippen molar-refractivity contribution in [1.82, 2.24) is 9.88 Å². The fraction of sp³-hybridized carbons (Fsp3) is 0.500. The van der Waals surface area contributed by atoms with Gasteiger partial charge in [0.1, 0.15) is 9.71 Å². The second kappa shape index (κ2) is 4.98. The van der Waals surface area contributed by atoms with Crippen LogP contribution in [-0.4, -0.2) is 28.9 Å². The Kier molecular flexibility index (Phi) is 3.10. The van der Waals surface area contributed by atoms with Crippen molar-refractivity contribution < 1.29 is 4.79 Å². The number of nitrogens with two attached hydrogens (primary N) is 1. The molecule has 1 saturated heterocycles. The molecule has 1 fully saturated rings. The second-order valence-corrected chi connectivity index (χ2v) is 7.00. The van der Waals surface area contributed by atoms with Crippen LogP contribution < -0.4 is 5.73 Å². The number of pyridine rings is 1. The van der Waals surface area contributed by atoms with Gasteiger partial charge in [-0.3, -0.25) is 4.79 Å². The minimum atomic E-state index is 0.0889. The first-order valence-corrected chi connectivity index (χ1v) is 8.56. The molecule has 0 unspecified atom stereocenters. The molecule has 1 aliphatic heterocycles. The van der Waals surface area contributed by atoms with Crippen molar-refractivity contribution >= 4 is 33.1 Å². The van der Waals surface area contributed by atoms with Crippen LogP contribution in [0.1, 0.15) is 46.6 Å². The fourth-order valence-corrected chi connectivity index (χ4v) is 4.45. The number of aromatic nitrogens is 1. The number of hydrogen-bond donors (Lipinski definition) is 1. The minimum Gasteiger partial charge on any atom is -0.397 e. The van der Waals surface area contributed by atoms with Crippen LogP contribution in [0.3, 0.4) is 0 Å². The Morgan fingerprint density at radius 2 is 1.95 bits per heavy atom. The maximum absolute atomic E-state index is 12.6. The highest BCUT2D eigenvalue weighted by Gasteiger charge is 2.25. The van der Waals surface area contributed by atoms with Crippen LogP contribution in [-0.2, 0) is 12.8 Å². The molecule has 2 aliphatic rings. The number of hydrogen-bond acceptors (Lipinski definition) is 4. The summed E-state index contributed by atoms with van der Waals surface area (Å²) in [6.45, 7) is 1.72. The summed E-state index contributed by atoms with van der Waals surface area (Å²) in [5.41, 5.74) is 9.42.